The van der Waals surface area contributed by atoms with Gasteiger partial charge in [-0.1, -0.05) is 23.9 Å². The Morgan fingerprint density at radius 2 is 1.87 bits per heavy atom. The molecule has 122 valence electrons. The SMILES string of the molecule is Cc1cccc(O[C@H](C)C(=O)Nc2ccc(SC(F)F)cc2)c1. The van der Waals surface area contributed by atoms with E-state index in [-0.39, 0.29) is 5.91 Å². The molecule has 0 radical (unpaired) electrons. The second kappa shape index (κ2) is 7.97. The molecule has 0 spiro atoms. The summed E-state index contributed by atoms with van der Waals surface area (Å²) in [6, 6.07) is 13.7. The second-order valence-corrected chi connectivity index (χ2v) is 6.03. The molecule has 0 saturated carbocycles. The van der Waals surface area contributed by atoms with Crippen LogP contribution in [0, 0.1) is 6.92 Å². The Bertz CT molecular complexity index is 662. The molecule has 0 fully saturated rings. The van der Waals surface area contributed by atoms with Crippen LogP contribution >= 0.6 is 11.8 Å². The van der Waals surface area contributed by atoms with E-state index in [1.165, 1.54) is 0 Å². The molecule has 2 rings (SSSR count). The molecule has 0 saturated heterocycles. The Hall–Kier alpha value is -2.08. The Morgan fingerprint density at radius 1 is 1.17 bits per heavy atom. The Balaban J connectivity index is 1.92. The number of alkyl halides is 2. The lowest BCUT2D eigenvalue weighted by atomic mass is 10.2. The van der Waals surface area contributed by atoms with Gasteiger partial charge in [0.2, 0.25) is 0 Å². The van der Waals surface area contributed by atoms with Crippen LogP contribution in [-0.2, 0) is 4.79 Å². The monoisotopic (exact) mass is 337 g/mol. The summed E-state index contributed by atoms with van der Waals surface area (Å²) in [4.78, 5) is 12.5. The van der Waals surface area contributed by atoms with Crippen LogP contribution in [-0.4, -0.2) is 17.8 Å². The van der Waals surface area contributed by atoms with Crippen molar-refractivity contribution in [3.63, 3.8) is 0 Å². The Labute approximate surface area is 138 Å². The molecule has 0 unspecified atom stereocenters. The first kappa shape index (κ1) is 17.3. The number of hydrogen-bond acceptors (Lipinski definition) is 3. The van der Waals surface area contributed by atoms with Crippen LogP contribution in [0.3, 0.4) is 0 Å². The maximum Gasteiger partial charge on any atom is 0.288 e. The Morgan fingerprint density at radius 3 is 2.48 bits per heavy atom. The average Bonchev–Trinajstić information content (AvgIpc) is 2.48. The van der Waals surface area contributed by atoms with Gasteiger partial charge in [-0.15, -0.1) is 0 Å². The van der Waals surface area contributed by atoms with Gasteiger partial charge in [0.15, 0.2) is 6.10 Å². The first-order chi connectivity index (χ1) is 10.9. The number of anilines is 1. The van der Waals surface area contributed by atoms with Crippen molar-refractivity contribution in [3.8, 4) is 5.75 Å². The smallest absolute Gasteiger partial charge is 0.288 e. The quantitative estimate of drug-likeness (QED) is 0.776. The number of thioether (sulfide) groups is 1. The van der Waals surface area contributed by atoms with E-state index in [0.717, 1.165) is 5.56 Å². The molecule has 0 aromatic heterocycles. The lowest BCUT2D eigenvalue weighted by molar-refractivity contribution is -0.122. The largest absolute Gasteiger partial charge is 0.481 e. The van der Waals surface area contributed by atoms with Crippen LogP contribution in [0.4, 0.5) is 14.5 Å². The van der Waals surface area contributed by atoms with Crippen LogP contribution in [0.15, 0.2) is 53.4 Å². The molecule has 1 atom stereocenters. The summed E-state index contributed by atoms with van der Waals surface area (Å²) in [6.45, 7) is 3.59. The number of rotatable bonds is 6. The molecule has 3 nitrogen and oxygen atoms in total. The Kier molecular flexibility index (Phi) is 5.98. The van der Waals surface area contributed by atoms with Crippen molar-refractivity contribution in [2.24, 2.45) is 0 Å². The summed E-state index contributed by atoms with van der Waals surface area (Å²) in [5.41, 5.74) is 1.58. The third-order valence-electron chi connectivity index (χ3n) is 3.02. The van der Waals surface area contributed by atoms with Gasteiger partial charge in [-0.3, -0.25) is 4.79 Å². The van der Waals surface area contributed by atoms with Gasteiger partial charge >= 0.3 is 0 Å². The van der Waals surface area contributed by atoms with Crippen LogP contribution < -0.4 is 10.1 Å². The minimum Gasteiger partial charge on any atom is -0.481 e. The number of ether oxygens (including phenoxy) is 1. The lowest BCUT2D eigenvalue weighted by Crippen LogP contribution is -2.30. The van der Waals surface area contributed by atoms with Gasteiger partial charge in [-0.05, 0) is 55.8 Å². The lowest BCUT2D eigenvalue weighted by Gasteiger charge is -2.15. The molecular formula is C17H17F2NO2S. The van der Waals surface area contributed by atoms with Gasteiger partial charge < -0.3 is 10.1 Å². The highest BCUT2D eigenvalue weighted by atomic mass is 32.2. The molecule has 0 bridgehead atoms. The molecule has 2 aromatic rings. The zero-order valence-corrected chi connectivity index (χ0v) is 13.6. The minimum atomic E-state index is -2.46. The van der Waals surface area contributed by atoms with Crippen LogP contribution in [0.1, 0.15) is 12.5 Å². The van der Waals surface area contributed by atoms with Crippen molar-refractivity contribution in [3.05, 3.63) is 54.1 Å². The van der Waals surface area contributed by atoms with Crippen molar-refractivity contribution < 1.29 is 18.3 Å². The topological polar surface area (TPSA) is 38.3 Å². The molecule has 2 aromatic carbocycles. The summed E-state index contributed by atoms with van der Waals surface area (Å²) in [6.07, 6.45) is -0.674. The van der Waals surface area contributed by atoms with Gasteiger partial charge in [0, 0.05) is 10.6 Å². The molecule has 0 aliphatic heterocycles. The third-order valence-corrected chi connectivity index (χ3v) is 3.74. The summed E-state index contributed by atoms with van der Waals surface area (Å²) < 4.78 is 30.1. The fraction of sp³-hybridized carbons (Fsp3) is 0.235. The third kappa shape index (κ3) is 5.56. The van der Waals surface area contributed by atoms with Crippen molar-refractivity contribution in [1.29, 1.82) is 0 Å². The zero-order valence-electron chi connectivity index (χ0n) is 12.8. The van der Waals surface area contributed by atoms with Crippen molar-refractivity contribution >= 4 is 23.4 Å². The predicted molar refractivity (Wildman–Crippen MR) is 88.2 cm³/mol. The number of halogens is 2. The summed E-state index contributed by atoms with van der Waals surface area (Å²) in [7, 11) is 0. The summed E-state index contributed by atoms with van der Waals surface area (Å²) in [5, 5.41) is 2.70. The fourth-order valence-corrected chi connectivity index (χ4v) is 2.41. The number of carbonyl (C=O) groups excluding carboxylic acids is 1. The normalized spacial score (nSPS) is 12.0. The number of amides is 1. The first-order valence-electron chi connectivity index (χ1n) is 7.03. The van der Waals surface area contributed by atoms with E-state index >= 15 is 0 Å². The standard InChI is InChI=1S/C17H17F2NO2S/c1-11-4-3-5-14(10-11)22-12(2)16(21)20-13-6-8-15(9-7-13)23-17(18)19/h3-10,12,17H,1-2H3,(H,20,21)/t12-/m1/s1. The van der Waals surface area contributed by atoms with E-state index in [4.69, 9.17) is 4.74 Å². The molecule has 0 heterocycles. The number of hydrogen-bond donors (Lipinski definition) is 1. The highest BCUT2D eigenvalue weighted by molar-refractivity contribution is 7.99. The second-order valence-electron chi connectivity index (χ2n) is 4.97. The molecule has 1 N–H and O–H groups in total. The molecular weight excluding hydrogens is 320 g/mol. The van der Waals surface area contributed by atoms with Crippen molar-refractivity contribution in [1.82, 2.24) is 0 Å². The maximum absolute atomic E-state index is 12.2. The number of benzene rings is 2. The molecule has 23 heavy (non-hydrogen) atoms. The molecule has 0 aliphatic carbocycles. The van der Waals surface area contributed by atoms with E-state index in [0.29, 0.717) is 28.1 Å². The summed E-state index contributed by atoms with van der Waals surface area (Å²) in [5.74, 6) is -2.14. The van der Waals surface area contributed by atoms with Crippen LogP contribution in [0.25, 0.3) is 0 Å². The summed E-state index contributed by atoms with van der Waals surface area (Å²) >= 11 is 0.465. The maximum atomic E-state index is 12.2. The molecule has 1 amide bonds. The van der Waals surface area contributed by atoms with E-state index < -0.39 is 11.9 Å². The predicted octanol–water partition coefficient (Wildman–Crippen LogP) is 4.72. The van der Waals surface area contributed by atoms with Crippen molar-refractivity contribution in [2.75, 3.05) is 5.32 Å². The van der Waals surface area contributed by atoms with E-state index in [2.05, 4.69) is 5.32 Å². The van der Waals surface area contributed by atoms with Crippen LogP contribution in [0.2, 0.25) is 0 Å². The van der Waals surface area contributed by atoms with Gasteiger partial charge in [0.05, 0.1) is 0 Å². The highest BCUT2D eigenvalue weighted by Gasteiger charge is 2.15. The minimum absolute atomic E-state index is 0.305. The van der Waals surface area contributed by atoms with Crippen molar-refractivity contribution in [2.45, 2.75) is 30.6 Å². The molecule has 6 heteroatoms. The van der Waals surface area contributed by atoms with Gasteiger partial charge in [0.1, 0.15) is 5.75 Å². The molecule has 0 aliphatic rings. The fourth-order valence-electron chi connectivity index (χ4n) is 1.91. The number of nitrogens with one attached hydrogen (secondary N) is 1. The van der Waals surface area contributed by atoms with Gasteiger partial charge in [0.25, 0.3) is 11.7 Å². The average molecular weight is 337 g/mol. The van der Waals surface area contributed by atoms with E-state index in [1.54, 1.807) is 37.3 Å². The highest BCUT2D eigenvalue weighted by Crippen LogP contribution is 2.26. The number of carbonyl (C=O) groups is 1. The van der Waals surface area contributed by atoms with Gasteiger partial charge in [-0.2, -0.15) is 8.78 Å². The number of aryl methyl sites for hydroxylation is 1. The van der Waals surface area contributed by atoms with Gasteiger partial charge in [-0.25, -0.2) is 0 Å². The van der Waals surface area contributed by atoms with Crippen LogP contribution in [0.5, 0.6) is 5.75 Å². The van der Waals surface area contributed by atoms with E-state index in [1.807, 2.05) is 25.1 Å². The van der Waals surface area contributed by atoms with E-state index in [9.17, 15) is 13.6 Å². The zero-order chi connectivity index (χ0) is 16.8. The first-order valence-corrected chi connectivity index (χ1v) is 7.91.